The van der Waals surface area contributed by atoms with Gasteiger partial charge in [-0.15, -0.1) is 5.10 Å². The highest BCUT2D eigenvalue weighted by Gasteiger charge is 2.30. The Morgan fingerprint density at radius 1 is 1.04 bits per heavy atom. The molecule has 3 aromatic rings. The number of aryl methyl sites for hydroxylation is 1. The number of nitrogens with one attached hydrogen (secondary N) is 1. The second kappa shape index (κ2) is 6.39. The lowest BCUT2D eigenvalue weighted by molar-refractivity contribution is -0.137. The largest absolute Gasteiger partial charge is 0.416 e. The highest BCUT2D eigenvalue weighted by molar-refractivity contribution is 6.03. The molecule has 0 radical (unpaired) electrons. The number of carbonyl (C=O) groups is 1. The summed E-state index contributed by atoms with van der Waals surface area (Å²) in [6, 6.07) is 13.2. The van der Waals surface area contributed by atoms with E-state index in [1.807, 2.05) is 30.3 Å². The molecule has 0 spiro atoms. The van der Waals surface area contributed by atoms with E-state index >= 15 is 0 Å². The molecule has 0 unspecified atom stereocenters. The molecule has 1 aromatic heterocycles. The number of anilines is 1. The summed E-state index contributed by atoms with van der Waals surface area (Å²) in [6.45, 7) is 1.73. The number of carbonyl (C=O) groups excluding carboxylic acids is 1. The van der Waals surface area contributed by atoms with E-state index in [-0.39, 0.29) is 11.5 Å². The zero-order valence-electron chi connectivity index (χ0n) is 13.1. The van der Waals surface area contributed by atoms with Crippen molar-refractivity contribution in [2.45, 2.75) is 13.1 Å². The molecule has 0 atom stereocenters. The smallest absolute Gasteiger partial charge is 0.289 e. The normalized spacial score (nSPS) is 11.4. The van der Waals surface area contributed by atoms with Crippen LogP contribution in [0.25, 0.3) is 5.69 Å². The van der Waals surface area contributed by atoms with E-state index in [4.69, 9.17) is 0 Å². The third kappa shape index (κ3) is 3.68. The van der Waals surface area contributed by atoms with E-state index in [9.17, 15) is 18.0 Å². The van der Waals surface area contributed by atoms with Crippen LogP contribution in [-0.2, 0) is 6.18 Å². The van der Waals surface area contributed by atoms with Gasteiger partial charge in [0.2, 0.25) is 5.95 Å². The summed E-state index contributed by atoms with van der Waals surface area (Å²) in [5.74, 6) is 0.0547. The molecule has 0 aliphatic heterocycles. The van der Waals surface area contributed by atoms with Crippen molar-refractivity contribution in [1.82, 2.24) is 14.8 Å². The molecule has 0 saturated carbocycles. The third-order valence-corrected chi connectivity index (χ3v) is 3.47. The van der Waals surface area contributed by atoms with Gasteiger partial charge >= 0.3 is 6.18 Å². The zero-order valence-corrected chi connectivity index (χ0v) is 13.1. The predicted octanol–water partition coefficient (Wildman–Crippen LogP) is 3.85. The summed E-state index contributed by atoms with van der Waals surface area (Å²) in [5.41, 5.74) is 0.0515. The minimum Gasteiger partial charge on any atom is -0.289 e. The number of rotatable bonds is 3. The van der Waals surface area contributed by atoms with Crippen LogP contribution in [0, 0.1) is 6.92 Å². The first-order chi connectivity index (χ1) is 11.8. The number of amides is 1. The highest BCUT2D eigenvalue weighted by Crippen LogP contribution is 2.29. The van der Waals surface area contributed by atoms with Gasteiger partial charge in [0.15, 0.2) is 0 Å². The van der Waals surface area contributed by atoms with E-state index in [2.05, 4.69) is 15.4 Å². The number of benzene rings is 2. The summed E-state index contributed by atoms with van der Waals surface area (Å²) in [4.78, 5) is 16.3. The Kier molecular flexibility index (Phi) is 4.26. The van der Waals surface area contributed by atoms with Gasteiger partial charge in [0, 0.05) is 5.56 Å². The number of nitrogens with zero attached hydrogens (tertiary/aromatic N) is 3. The molecule has 1 N–H and O–H groups in total. The van der Waals surface area contributed by atoms with Crippen LogP contribution < -0.4 is 5.32 Å². The molecule has 0 aliphatic rings. The highest BCUT2D eigenvalue weighted by atomic mass is 19.4. The van der Waals surface area contributed by atoms with Crippen molar-refractivity contribution < 1.29 is 18.0 Å². The van der Waals surface area contributed by atoms with E-state index in [1.54, 1.807) is 11.6 Å². The van der Waals surface area contributed by atoms with Crippen molar-refractivity contribution in [3.8, 4) is 5.69 Å². The number of alkyl halides is 3. The second-order valence-corrected chi connectivity index (χ2v) is 5.26. The SMILES string of the molecule is Cc1nc(NC(=O)c2ccc(C(F)(F)F)cc2)nn1-c1ccccc1. The Bertz CT molecular complexity index is 887. The second-order valence-electron chi connectivity index (χ2n) is 5.26. The van der Waals surface area contributed by atoms with Crippen LogP contribution in [-0.4, -0.2) is 20.7 Å². The molecule has 1 amide bonds. The molecule has 0 saturated heterocycles. The molecule has 5 nitrogen and oxygen atoms in total. The summed E-state index contributed by atoms with van der Waals surface area (Å²) in [6.07, 6.45) is -4.44. The number of aromatic nitrogens is 3. The van der Waals surface area contributed by atoms with Crippen molar-refractivity contribution in [1.29, 1.82) is 0 Å². The Labute approximate surface area is 141 Å². The average Bonchev–Trinajstić information content (AvgIpc) is 2.95. The van der Waals surface area contributed by atoms with E-state index in [1.165, 1.54) is 0 Å². The quantitative estimate of drug-likeness (QED) is 0.784. The molecule has 1 heterocycles. The van der Waals surface area contributed by atoms with Gasteiger partial charge in [-0.3, -0.25) is 10.1 Å². The summed E-state index contributed by atoms with van der Waals surface area (Å²) < 4.78 is 39.2. The van der Waals surface area contributed by atoms with Crippen LogP contribution in [0.4, 0.5) is 19.1 Å². The Balaban J connectivity index is 1.78. The molecule has 3 rings (SSSR count). The number of para-hydroxylation sites is 1. The fourth-order valence-corrected chi connectivity index (χ4v) is 2.24. The van der Waals surface area contributed by atoms with E-state index in [0.717, 1.165) is 30.0 Å². The van der Waals surface area contributed by atoms with Crippen LogP contribution in [0.5, 0.6) is 0 Å². The van der Waals surface area contributed by atoms with Crippen LogP contribution in [0.2, 0.25) is 0 Å². The molecule has 128 valence electrons. The molecular weight excluding hydrogens is 333 g/mol. The summed E-state index contributed by atoms with van der Waals surface area (Å²) in [7, 11) is 0. The van der Waals surface area contributed by atoms with Crippen molar-refractivity contribution in [2.75, 3.05) is 5.32 Å². The third-order valence-electron chi connectivity index (χ3n) is 3.47. The lowest BCUT2D eigenvalue weighted by atomic mass is 10.1. The van der Waals surface area contributed by atoms with E-state index in [0.29, 0.717) is 5.82 Å². The fourth-order valence-electron chi connectivity index (χ4n) is 2.24. The predicted molar refractivity (Wildman–Crippen MR) is 85.5 cm³/mol. The molecule has 0 bridgehead atoms. The lowest BCUT2D eigenvalue weighted by Crippen LogP contribution is -2.14. The number of halogens is 3. The maximum Gasteiger partial charge on any atom is 0.416 e. The first kappa shape index (κ1) is 16.7. The van der Waals surface area contributed by atoms with Crippen molar-refractivity contribution in [2.24, 2.45) is 0 Å². The van der Waals surface area contributed by atoms with Gasteiger partial charge in [0.25, 0.3) is 5.91 Å². The van der Waals surface area contributed by atoms with Gasteiger partial charge in [-0.2, -0.15) is 18.2 Å². The molecule has 0 fully saturated rings. The first-order valence-corrected chi connectivity index (χ1v) is 7.32. The Morgan fingerprint density at radius 2 is 1.68 bits per heavy atom. The molecule has 25 heavy (non-hydrogen) atoms. The average molecular weight is 346 g/mol. The van der Waals surface area contributed by atoms with Crippen molar-refractivity contribution in [3.63, 3.8) is 0 Å². The van der Waals surface area contributed by atoms with Crippen molar-refractivity contribution in [3.05, 3.63) is 71.5 Å². The van der Waals surface area contributed by atoms with Crippen LogP contribution in [0.1, 0.15) is 21.7 Å². The maximum atomic E-state index is 12.6. The van der Waals surface area contributed by atoms with Gasteiger partial charge in [-0.25, -0.2) is 4.68 Å². The Hall–Kier alpha value is -3.16. The van der Waals surface area contributed by atoms with Gasteiger partial charge in [-0.05, 0) is 43.3 Å². The number of hydrogen-bond donors (Lipinski definition) is 1. The molecule has 2 aromatic carbocycles. The Morgan fingerprint density at radius 3 is 2.28 bits per heavy atom. The van der Waals surface area contributed by atoms with Crippen LogP contribution in [0.3, 0.4) is 0 Å². The standard InChI is InChI=1S/C17H13F3N4O/c1-11-21-16(23-24(11)14-5-3-2-4-6-14)22-15(25)12-7-9-13(10-8-12)17(18,19)20/h2-10H,1H3,(H,22,23,25). The minimum absolute atomic E-state index is 0.0752. The fraction of sp³-hybridized carbons (Fsp3) is 0.118. The summed E-state index contributed by atoms with van der Waals surface area (Å²) in [5, 5.41) is 6.68. The van der Waals surface area contributed by atoms with Gasteiger partial charge < -0.3 is 0 Å². The molecule has 8 heteroatoms. The van der Waals surface area contributed by atoms with Crippen molar-refractivity contribution >= 4 is 11.9 Å². The van der Waals surface area contributed by atoms with Gasteiger partial charge in [0.05, 0.1) is 11.3 Å². The zero-order chi connectivity index (χ0) is 18.0. The molecule has 0 aliphatic carbocycles. The van der Waals surface area contributed by atoms with Crippen LogP contribution >= 0.6 is 0 Å². The monoisotopic (exact) mass is 346 g/mol. The summed E-state index contributed by atoms with van der Waals surface area (Å²) >= 11 is 0. The topological polar surface area (TPSA) is 59.8 Å². The first-order valence-electron chi connectivity index (χ1n) is 7.32. The lowest BCUT2D eigenvalue weighted by Gasteiger charge is -2.07. The molecular formula is C17H13F3N4O. The van der Waals surface area contributed by atoms with Gasteiger partial charge in [-0.1, -0.05) is 18.2 Å². The number of hydrogen-bond acceptors (Lipinski definition) is 3. The van der Waals surface area contributed by atoms with E-state index < -0.39 is 17.6 Å². The van der Waals surface area contributed by atoms with Gasteiger partial charge in [0.1, 0.15) is 5.82 Å². The van der Waals surface area contributed by atoms with Crippen LogP contribution in [0.15, 0.2) is 54.6 Å². The minimum atomic E-state index is -4.44. The maximum absolute atomic E-state index is 12.6.